The number of aliphatic hydroxyl groups excluding tert-OH is 2. The van der Waals surface area contributed by atoms with Crippen molar-refractivity contribution in [3.05, 3.63) is 0 Å². The van der Waals surface area contributed by atoms with Crippen LogP contribution < -0.4 is 4.72 Å². The minimum Gasteiger partial charge on any atom is -0.449 e. The molecular formula is C28H49NO6S. The quantitative estimate of drug-likeness (QED) is 0.413. The molecule has 0 aliphatic heterocycles. The Bertz CT molecular complexity index is 910. The average molecular weight is 528 g/mol. The van der Waals surface area contributed by atoms with Gasteiger partial charge in [0.25, 0.3) is 0 Å². The summed E-state index contributed by atoms with van der Waals surface area (Å²) in [7, 11) is -3.60. The van der Waals surface area contributed by atoms with Crippen molar-refractivity contribution in [1.82, 2.24) is 4.72 Å². The minimum absolute atomic E-state index is 0.214. The van der Waals surface area contributed by atoms with Gasteiger partial charge in [-0.25, -0.2) is 17.9 Å². The van der Waals surface area contributed by atoms with Crippen LogP contribution in [0.15, 0.2) is 0 Å². The Balaban J connectivity index is 1.42. The number of amides is 1. The van der Waals surface area contributed by atoms with Gasteiger partial charge in [0.2, 0.25) is 10.0 Å². The molecule has 0 spiro atoms. The van der Waals surface area contributed by atoms with Crippen molar-refractivity contribution in [2.45, 2.75) is 104 Å². The van der Waals surface area contributed by atoms with Crippen molar-refractivity contribution in [2.75, 3.05) is 12.9 Å². The second-order valence-corrected chi connectivity index (χ2v) is 15.0. The van der Waals surface area contributed by atoms with E-state index in [-0.39, 0.29) is 35.6 Å². The Labute approximate surface area is 218 Å². The molecule has 7 nitrogen and oxygen atoms in total. The molecule has 4 saturated carbocycles. The Morgan fingerprint density at radius 2 is 1.72 bits per heavy atom. The van der Waals surface area contributed by atoms with Gasteiger partial charge < -0.3 is 14.9 Å². The summed E-state index contributed by atoms with van der Waals surface area (Å²) in [5.74, 6) is 3.19. The minimum atomic E-state index is -3.60. The Hall–Kier alpha value is -0.860. The summed E-state index contributed by atoms with van der Waals surface area (Å²) in [6.45, 7) is 9.70. The van der Waals surface area contributed by atoms with Crippen molar-refractivity contribution in [1.29, 1.82) is 0 Å². The first kappa shape index (κ1) is 28.2. The first-order chi connectivity index (χ1) is 16.8. The van der Waals surface area contributed by atoms with Crippen LogP contribution in [0.2, 0.25) is 0 Å². The molecule has 0 aromatic rings. The Morgan fingerprint density at radius 3 is 2.39 bits per heavy atom. The van der Waals surface area contributed by atoms with E-state index in [0.29, 0.717) is 41.9 Å². The van der Waals surface area contributed by atoms with Gasteiger partial charge in [-0.15, -0.1) is 0 Å². The van der Waals surface area contributed by atoms with Gasteiger partial charge >= 0.3 is 6.09 Å². The van der Waals surface area contributed by atoms with Crippen LogP contribution in [-0.4, -0.2) is 49.8 Å². The number of carbonyl (C=O) groups excluding carboxylic acids is 1. The molecule has 0 saturated heterocycles. The maximum absolute atomic E-state index is 11.8. The normalized spacial score (nSPS) is 45.2. The van der Waals surface area contributed by atoms with Crippen LogP contribution in [-0.2, 0) is 14.8 Å². The lowest BCUT2D eigenvalue weighted by atomic mass is 9.41. The average Bonchev–Trinajstić information content (AvgIpc) is 3.14. The van der Waals surface area contributed by atoms with Crippen LogP contribution in [0.3, 0.4) is 0 Å². The third-order valence-corrected chi connectivity index (χ3v) is 12.0. The van der Waals surface area contributed by atoms with E-state index in [2.05, 4.69) is 27.7 Å². The summed E-state index contributed by atoms with van der Waals surface area (Å²) in [6, 6.07) is 0. The molecule has 0 heterocycles. The van der Waals surface area contributed by atoms with E-state index in [4.69, 9.17) is 4.74 Å². The number of ether oxygens (including phenoxy) is 1. The maximum atomic E-state index is 11.8. The number of carbonyl (C=O) groups is 1. The highest BCUT2D eigenvalue weighted by molar-refractivity contribution is 7.89. The number of aliphatic hydroxyl groups is 2. The molecule has 4 aliphatic rings. The van der Waals surface area contributed by atoms with Crippen LogP contribution in [0.4, 0.5) is 4.79 Å². The van der Waals surface area contributed by atoms with E-state index in [0.717, 1.165) is 38.4 Å². The lowest BCUT2D eigenvalue weighted by Crippen LogP contribution is -2.62. The van der Waals surface area contributed by atoms with E-state index in [1.54, 1.807) is 0 Å². The van der Waals surface area contributed by atoms with Crippen LogP contribution >= 0.6 is 0 Å². The summed E-state index contributed by atoms with van der Waals surface area (Å²) >= 11 is 0. The maximum Gasteiger partial charge on any atom is 0.420 e. The van der Waals surface area contributed by atoms with E-state index < -0.39 is 16.1 Å². The predicted octanol–water partition coefficient (Wildman–Crippen LogP) is 4.72. The molecule has 8 heteroatoms. The van der Waals surface area contributed by atoms with Crippen LogP contribution in [0.5, 0.6) is 0 Å². The summed E-state index contributed by atoms with van der Waals surface area (Å²) in [4.78, 5) is 11.6. The highest BCUT2D eigenvalue weighted by Gasteiger charge is 2.64. The molecule has 36 heavy (non-hydrogen) atoms. The van der Waals surface area contributed by atoms with Crippen molar-refractivity contribution in [3.8, 4) is 0 Å². The standard InChI is InChI=1S/C28H49NO6S/c1-6-19-23-16-18(30)11-13-28(23,4)22-12-14-27(3)20(9-10-21(27)24(22)25(19)31)17(2)8-7-15-35-26(32)29-36(5,33)34/h17-25,30-31H,6-16H2,1-5H3,(H,29,32)/t17-,18-,19-,20?,21?,22?,23?,24?,25-,27-,28?/m1/s1. The number of rotatable bonds is 7. The molecule has 0 aromatic carbocycles. The molecule has 0 bridgehead atoms. The first-order valence-electron chi connectivity index (χ1n) is 14.3. The lowest BCUT2D eigenvalue weighted by Gasteiger charge is -2.64. The first-order valence-corrected chi connectivity index (χ1v) is 16.2. The fraction of sp³-hybridized carbons (Fsp3) is 0.964. The zero-order valence-corrected chi connectivity index (χ0v) is 23.7. The molecule has 0 aromatic heterocycles. The molecule has 208 valence electrons. The third-order valence-electron chi connectivity index (χ3n) is 11.5. The molecule has 0 radical (unpaired) electrons. The van der Waals surface area contributed by atoms with Gasteiger partial charge in [-0.1, -0.05) is 34.1 Å². The van der Waals surface area contributed by atoms with Gasteiger partial charge in [-0.3, -0.25) is 0 Å². The second kappa shape index (κ2) is 10.4. The van der Waals surface area contributed by atoms with Gasteiger partial charge in [0.1, 0.15) is 0 Å². The fourth-order valence-corrected chi connectivity index (χ4v) is 10.2. The van der Waals surface area contributed by atoms with E-state index in [9.17, 15) is 23.4 Å². The van der Waals surface area contributed by atoms with Gasteiger partial charge in [-0.05, 0) is 110 Å². The molecule has 6 unspecified atom stereocenters. The summed E-state index contributed by atoms with van der Waals surface area (Å²) in [5.41, 5.74) is 0.435. The zero-order chi connectivity index (χ0) is 26.5. The summed E-state index contributed by atoms with van der Waals surface area (Å²) < 4.78 is 29.2. The van der Waals surface area contributed by atoms with Crippen molar-refractivity contribution in [2.24, 2.45) is 52.3 Å². The number of sulfonamides is 1. The van der Waals surface area contributed by atoms with Gasteiger partial charge in [0.15, 0.2) is 0 Å². The second-order valence-electron chi connectivity index (χ2n) is 13.3. The van der Waals surface area contributed by atoms with E-state index in [1.807, 2.05) is 4.72 Å². The van der Waals surface area contributed by atoms with E-state index in [1.165, 1.54) is 25.7 Å². The topological polar surface area (TPSA) is 113 Å². The van der Waals surface area contributed by atoms with E-state index >= 15 is 0 Å². The zero-order valence-electron chi connectivity index (χ0n) is 22.9. The lowest BCUT2D eigenvalue weighted by molar-refractivity contribution is -0.203. The monoisotopic (exact) mass is 527 g/mol. The third kappa shape index (κ3) is 5.07. The van der Waals surface area contributed by atoms with Crippen LogP contribution in [0.1, 0.15) is 91.9 Å². The van der Waals surface area contributed by atoms with Gasteiger partial charge in [-0.2, -0.15) is 0 Å². The van der Waals surface area contributed by atoms with Crippen molar-refractivity contribution >= 4 is 16.1 Å². The number of hydrogen-bond donors (Lipinski definition) is 3. The SMILES string of the molecule is CC[C@@H]1C2C[C@H](O)CCC2(C)C2CC[C@@]3(C)C(CCC3[C@H](C)CCCOC(=O)NS(C)(=O)=O)C2[C@@H]1O. The molecule has 4 rings (SSSR count). The van der Waals surface area contributed by atoms with Gasteiger partial charge in [0, 0.05) is 0 Å². The Kier molecular flexibility index (Phi) is 8.11. The fourth-order valence-electron chi connectivity index (χ4n) is 9.88. The van der Waals surface area contributed by atoms with Crippen LogP contribution in [0.25, 0.3) is 0 Å². The summed E-state index contributed by atoms with van der Waals surface area (Å²) in [6.07, 6.45) is 9.73. The molecule has 4 fully saturated rings. The smallest absolute Gasteiger partial charge is 0.420 e. The molecule has 3 N–H and O–H groups in total. The largest absolute Gasteiger partial charge is 0.449 e. The molecule has 1 amide bonds. The molecule has 11 atom stereocenters. The molecular weight excluding hydrogens is 478 g/mol. The van der Waals surface area contributed by atoms with Gasteiger partial charge in [0.05, 0.1) is 25.1 Å². The Morgan fingerprint density at radius 1 is 1.06 bits per heavy atom. The highest BCUT2D eigenvalue weighted by atomic mass is 32.2. The van der Waals surface area contributed by atoms with Crippen molar-refractivity contribution in [3.63, 3.8) is 0 Å². The summed E-state index contributed by atoms with van der Waals surface area (Å²) in [5, 5.41) is 22.3. The number of fused-ring (bicyclic) bond motifs is 5. The van der Waals surface area contributed by atoms with Crippen molar-refractivity contribution < 1.29 is 28.2 Å². The number of hydrogen-bond acceptors (Lipinski definition) is 6. The van der Waals surface area contributed by atoms with Crippen LogP contribution in [0, 0.1) is 52.3 Å². The molecule has 4 aliphatic carbocycles. The number of nitrogens with one attached hydrogen (secondary N) is 1. The highest BCUT2D eigenvalue weighted by Crippen LogP contribution is 2.69. The predicted molar refractivity (Wildman–Crippen MR) is 140 cm³/mol.